The minimum atomic E-state index is 0.0502. The normalized spacial score (nSPS) is 19.1. The van der Waals surface area contributed by atoms with Gasteiger partial charge in [0.05, 0.1) is 0 Å². The van der Waals surface area contributed by atoms with Crippen molar-refractivity contribution in [2.45, 2.75) is 46.3 Å². The van der Waals surface area contributed by atoms with Crippen molar-refractivity contribution >= 4 is 5.91 Å². The molecule has 0 saturated carbocycles. The van der Waals surface area contributed by atoms with Gasteiger partial charge in [-0.05, 0) is 31.4 Å². The summed E-state index contributed by atoms with van der Waals surface area (Å²) in [5.41, 5.74) is 3.29. The van der Waals surface area contributed by atoms with E-state index in [0.717, 1.165) is 37.1 Å². The van der Waals surface area contributed by atoms with E-state index >= 15 is 0 Å². The first-order valence-corrected chi connectivity index (χ1v) is 7.40. The minimum Gasteiger partial charge on any atom is -0.319 e. The van der Waals surface area contributed by atoms with Crippen molar-refractivity contribution in [2.75, 3.05) is 6.54 Å². The molecule has 20 heavy (non-hydrogen) atoms. The van der Waals surface area contributed by atoms with Crippen LogP contribution in [0.2, 0.25) is 0 Å². The largest absolute Gasteiger partial charge is 0.319 e. The molecule has 3 heteroatoms. The van der Waals surface area contributed by atoms with Crippen LogP contribution >= 0.6 is 0 Å². The highest BCUT2D eigenvalue weighted by atomic mass is 16.2. The van der Waals surface area contributed by atoms with Gasteiger partial charge in [-0.25, -0.2) is 0 Å². The summed E-state index contributed by atoms with van der Waals surface area (Å²) in [5, 5.41) is 3.51. The summed E-state index contributed by atoms with van der Waals surface area (Å²) in [7, 11) is 0. The van der Waals surface area contributed by atoms with Gasteiger partial charge in [0.2, 0.25) is 0 Å². The fraction of sp³-hybridized carbons (Fsp3) is 0.471. The standard InChI is InChI=1S/C17H24N2O/c1-4-5-11-19-16(13(2)14(3)17(19)20)18-12-15-9-7-6-8-10-15/h6-10,16,18H,4-5,11-12H2,1-3H3/t16-/m1/s1. The van der Waals surface area contributed by atoms with Gasteiger partial charge < -0.3 is 4.90 Å². The molecule has 1 atom stereocenters. The van der Waals surface area contributed by atoms with Gasteiger partial charge in [-0.1, -0.05) is 43.7 Å². The molecular formula is C17H24N2O. The van der Waals surface area contributed by atoms with Gasteiger partial charge in [0, 0.05) is 18.7 Å². The van der Waals surface area contributed by atoms with Crippen LogP contribution < -0.4 is 5.32 Å². The lowest BCUT2D eigenvalue weighted by Gasteiger charge is -2.27. The number of nitrogens with one attached hydrogen (secondary N) is 1. The predicted octanol–water partition coefficient (Wildman–Crippen LogP) is 3.08. The van der Waals surface area contributed by atoms with Crippen molar-refractivity contribution in [2.24, 2.45) is 0 Å². The molecule has 1 amide bonds. The van der Waals surface area contributed by atoms with E-state index in [4.69, 9.17) is 0 Å². The number of carbonyl (C=O) groups is 1. The van der Waals surface area contributed by atoms with Crippen LogP contribution in [0.5, 0.6) is 0 Å². The Balaban J connectivity index is 2.04. The Morgan fingerprint density at radius 1 is 1.20 bits per heavy atom. The second-order valence-electron chi connectivity index (χ2n) is 5.43. The third-order valence-corrected chi connectivity index (χ3v) is 3.99. The molecule has 1 N–H and O–H groups in total. The molecule has 2 rings (SSSR count). The van der Waals surface area contributed by atoms with Crippen molar-refractivity contribution in [3.05, 3.63) is 47.0 Å². The third-order valence-electron chi connectivity index (χ3n) is 3.99. The first-order chi connectivity index (χ1) is 9.65. The van der Waals surface area contributed by atoms with Gasteiger partial charge in [0.25, 0.3) is 5.91 Å². The van der Waals surface area contributed by atoms with E-state index in [1.54, 1.807) is 0 Å². The van der Waals surface area contributed by atoms with Crippen molar-refractivity contribution in [1.29, 1.82) is 0 Å². The number of benzene rings is 1. The van der Waals surface area contributed by atoms with Gasteiger partial charge in [-0.15, -0.1) is 0 Å². The lowest BCUT2D eigenvalue weighted by atomic mass is 10.1. The first kappa shape index (κ1) is 14.8. The molecule has 1 aliphatic rings. The molecule has 1 aromatic carbocycles. The Hall–Kier alpha value is -1.61. The highest BCUT2D eigenvalue weighted by Crippen LogP contribution is 2.24. The molecule has 0 radical (unpaired) electrons. The molecule has 0 bridgehead atoms. The minimum absolute atomic E-state index is 0.0502. The van der Waals surface area contributed by atoms with Crippen LogP contribution in [0.15, 0.2) is 41.5 Å². The maximum Gasteiger partial charge on any atom is 0.251 e. The Morgan fingerprint density at radius 3 is 2.55 bits per heavy atom. The van der Waals surface area contributed by atoms with Crippen molar-refractivity contribution in [1.82, 2.24) is 10.2 Å². The first-order valence-electron chi connectivity index (χ1n) is 7.40. The van der Waals surface area contributed by atoms with E-state index in [0.29, 0.717) is 0 Å². The smallest absolute Gasteiger partial charge is 0.251 e. The van der Waals surface area contributed by atoms with Gasteiger partial charge >= 0.3 is 0 Å². The van der Waals surface area contributed by atoms with Crippen LogP contribution in [0.25, 0.3) is 0 Å². The second-order valence-corrected chi connectivity index (χ2v) is 5.43. The number of hydrogen-bond acceptors (Lipinski definition) is 2. The number of hydrogen-bond donors (Lipinski definition) is 1. The summed E-state index contributed by atoms with van der Waals surface area (Å²) in [4.78, 5) is 14.2. The molecule has 0 saturated heterocycles. The average Bonchev–Trinajstić information content (AvgIpc) is 2.68. The van der Waals surface area contributed by atoms with Gasteiger partial charge in [-0.2, -0.15) is 0 Å². The molecule has 0 fully saturated rings. The molecule has 1 aliphatic heterocycles. The van der Waals surface area contributed by atoms with E-state index in [9.17, 15) is 4.79 Å². The molecule has 0 aromatic heterocycles. The number of amides is 1. The Bertz CT molecular complexity index is 493. The predicted molar refractivity (Wildman–Crippen MR) is 82.1 cm³/mol. The molecule has 3 nitrogen and oxygen atoms in total. The van der Waals surface area contributed by atoms with Crippen LogP contribution in [0.3, 0.4) is 0 Å². The van der Waals surface area contributed by atoms with Crippen molar-refractivity contribution in [3.63, 3.8) is 0 Å². The zero-order chi connectivity index (χ0) is 14.5. The Morgan fingerprint density at radius 2 is 1.90 bits per heavy atom. The van der Waals surface area contributed by atoms with Crippen LogP contribution in [0, 0.1) is 0 Å². The summed E-state index contributed by atoms with van der Waals surface area (Å²) >= 11 is 0. The summed E-state index contributed by atoms with van der Waals surface area (Å²) < 4.78 is 0. The van der Waals surface area contributed by atoms with Crippen LogP contribution in [0.4, 0.5) is 0 Å². The Labute approximate surface area is 121 Å². The van der Waals surface area contributed by atoms with Crippen LogP contribution in [0.1, 0.15) is 39.2 Å². The number of carbonyl (C=O) groups excluding carboxylic acids is 1. The van der Waals surface area contributed by atoms with Crippen LogP contribution in [-0.4, -0.2) is 23.5 Å². The molecule has 0 spiro atoms. The summed E-state index contributed by atoms with van der Waals surface area (Å²) in [6.45, 7) is 7.76. The summed E-state index contributed by atoms with van der Waals surface area (Å²) in [6, 6.07) is 10.3. The quantitative estimate of drug-likeness (QED) is 0.863. The lowest BCUT2D eigenvalue weighted by Crippen LogP contribution is -2.45. The van der Waals surface area contributed by atoms with E-state index in [-0.39, 0.29) is 12.1 Å². The maximum absolute atomic E-state index is 12.3. The summed E-state index contributed by atoms with van der Waals surface area (Å²) in [5.74, 6) is 0.182. The van der Waals surface area contributed by atoms with Crippen molar-refractivity contribution < 1.29 is 4.79 Å². The van der Waals surface area contributed by atoms with Crippen molar-refractivity contribution in [3.8, 4) is 0 Å². The Kier molecular flexibility index (Phi) is 4.96. The second kappa shape index (κ2) is 6.71. The zero-order valence-corrected chi connectivity index (χ0v) is 12.6. The summed E-state index contributed by atoms with van der Waals surface area (Å²) in [6.07, 6.45) is 2.21. The molecular weight excluding hydrogens is 248 g/mol. The van der Waals surface area contributed by atoms with Gasteiger partial charge in [0.15, 0.2) is 0 Å². The fourth-order valence-corrected chi connectivity index (χ4v) is 2.57. The fourth-order valence-electron chi connectivity index (χ4n) is 2.57. The topological polar surface area (TPSA) is 32.3 Å². The highest BCUT2D eigenvalue weighted by Gasteiger charge is 2.33. The molecule has 1 heterocycles. The molecule has 0 aliphatic carbocycles. The molecule has 1 aromatic rings. The van der Waals surface area contributed by atoms with E-state index in [1.807, 2.05) is 30.0 Å². The van der Waals surface area contributed by atoms with Gasteiger partial charge in [0.1, 0.15) is 6.17 Å². The molecule has 0 unspecified atom stereocenters. The lowest BCUT2D eigenvalue weighted by molar-refractivity contribution is -0.127. The number of nitrogens with zero attached hydrogens (tertiary/aromatic N) is 1. The zero-order valence-electron chi connectivity index (χ0n) is 12.6. The number of rotatable bonds is 6. The van der Waals surface area contributed by atoms with E-state index in [1.165, 1.54) is 5.56 Å². The average molecular weight is 272 g/mol. The van der Waals surface area contributed by atoms with Gasteiger partial charge in [-0.3, -0.25) is 10.1 Å². The monoisotopic (exact) mass is 272 g/mol. The van der Waals surface area contributed by atoms with E-state index in [2.05, 4.69) is 31.3 Å². The highest BCUT2D eigenvalue weighted by molar-refractivity contribution is 5.96. The van der Waals surface area contributed by atoms with Crippen LogP contribution in [-0.2, 0) is 11.3 Å². The van der Waals surface area contributed by atoms with E-state index < -0.39 is 0 Å². The molecule has 108 valence electrons. The third kappa shape index (κ3) is 3.10. The number of unbranched alkanes of at least 4 members (excludes halogenated alkanes) is 1. The SMILES string of the molecule is CCCCN1C(=O)C(C)=C(C)[C@@H]1NCc1ccccc1. The maximum atomic E-state index is 12.3.